The molecule has 0 aliphatic carbocycles. The lowest BCUT2D eigenvalue weighted by molar-refractivity contribution is -0.147. The molecule has 0 aliphatic heterocycles. The molecule has 0 saturated carbocycles. The van der Waals surface area contributed by atoms with Crippen molar-refractivity contribution in [2.75, 3.05) is 19.7 Å². The fourth-order valence-electron chi connectivity index (χ4n) is 1.68. The number of unbranched alkanes of at least 4 members (excludes halogenated alkanes) is 3. The molecule has 0 spiro atoms. The van der Waals surface area contributed by atoms with E-state index < -0.39 is 5.97 Å². The number of ether oxygens (including phenoxy) is 1. The van der Waals surface area contributed by atoms with Crippen LogP contribution in [0.1, 0.15) is 42.3 Å². The van der Waals surface area contributed by atoms with E-state index >= 15 is 0 Å². The van der Waals surface area contributed by atoms with Crippen molar-refractivity contribution in [1.82, 2.24) is 10.6 Å². The topological polar surface area (TPSA) is 84.5 Å². The van der Waals surface area contributed by atoms with Gasteiger partial charge in [-0.25, -0.2) is 0 Å². The van der Waals surface area contributed by atoms with E-state index in [0.717, 1.165) is 25.7 Å². The van der Waals surface area contributed by atoms with Crippen LogP contribution in [0.5, 0.6) is 0 Å². The summed E-state index contributed by atoms with van der Waals surface area (Å²) in [6.45, 7) is 2.14. The summed E-state index contributed by atoms with van der Waals surface area (Å²) in [5, 5.41) is 6.90. The van der Waals surface area contributed by atoms with E-state index in [4.69, 9.17) is 4.74 Å². The van der Waals surface area contributed by atoms with Crippen molar-refractivity contribution >= 4 is 29.1 Å². The smallest absolute Gasteiger partial charge is 0.325 e. The number of esters is 1. The van der Waals surface area contributed by atoms with Gasteiger partial charge in [-0.3, -0.25) is 14.4 Å². The van der Waals surface area contributed by atoms with Crippen molar-refractivity contribution in [2.45, 2.75) is 32.6 Å². The number of amides is 2. The summed E-state index contributed by atoms with van der Waals surface area (Å²) >= 11 is 1.29. The van der Waals surface area contributed by atoms with Crippen LogP contribution in [0.4, 0.5) is 0 Å². The van der Waals surface area contributed by atoms with E-state index in [1.165, 1.54) is 11.3 Å². The normalized spacial score (nSPS) is 10.0. The molecule has 1 aromatic rings. The second-order valence-corrected chi connectivity index (χ2v) is 5.68. The Morgan fingerprint density at radius 1 is 1.18 bits per heavy atom. The molecule has 22 heavy (non-hydrogen) atoms. The Morgan fingerprint density at radius 3 is 2.68 bits per heavy atom. The van der Waals surface area contributed by atoms with Crippen molar-refractivity contribution < 1.29 is 19.1 Å². The van der Waals surface area contributed by atoms with Gasteiger partial charge in [0.15, 0.2) is 6.61 Å². The predicted molar refractivity (Wildman–Crippen MR) is 84.8 cm³/mol. The molecule has 1 heterocycles. The van der Waals surface area contributed by atoms with Gasteiger partial charge < -0.3 is 15.4 Å². The maximum absolute atomic E-state index is 11.6. The van der Waals surface area contributed by atoms with Crippen LogP contribution in [-0.4, -0.2) is 37.5 Å². The molecule has 122 valence electrons. The number of rotatable bonds is 10. The van der Waals surface area contributed by atoms with E-state index in [-0.39, 0.29) is 25.0 Å². The molecule has 2 amide bonds. The second-order valence-electron chi connectivity index (χ2n) is 4.73. The Kier molecular flexibility index (Phi) is 8.90. The Hall–Kier alpha value is -1.89. The molecular weight excluding hydrogens is 304 g/mol. The molecule has 0 unspecified atom stereocenters. The highest BCUT2D eigenvalue weighted by molar-refractivity contribution is 7.12. The molecule has 0 bridgehead atoms. The zero-order valence-corrected chi connectivity index (χ0v) is 13.5. The standard InChI is InChI=1S/C15H22N2O4S/c1-2-3-4-5-8-16-13(18)11-21-14(19)10-17-15(20)12-7-6-9-22-12/h6-7,9H,2-5,8,10-11H2,1H3,(H,16,18)(H,17,20). The van der Waals surface area contributed by atoms with Crippen LogP contribution in [0.25, 0.3) is 0 Å². The molecule has 6 nitrogen and oxygen atoms in total. The van der Waals surface area contributed by atoms with Crippen molar-refractivity contribution in [3.05, 3.63) is 22.4 Å². The van der Waals surface area contributed by atoms with Crippen LogP contribution < -0.4 is 10.6 Å². The van der Waals surface area contributed by atoms with Crippen molar-refractivity contribution in [1.29, 1.82) is 0 Å². The molecule has 1 rings (SSSR count). The van der Waals surface area contributed by atoms with Gasteiger partial charge >= 0.3 is 5.97 Å². The molecule has 0 aliphatic rings. The molecule has 0 radical (unpaired) electrons. The number of hydrogen-bond acceptors (Lipinski definition) is 5. The third-order valence-corrected chi connectivity index (χ3v) is 3.72. The van der Waals surface area contributed by atoms with Crippen LogP contribution in [0.2, 0.25) is 0 Å². The number of hydrogen-bond donors (Lipinski definition) is 2. The molecule has 1 aromatic heterocycles. The highest BCUT2D eigenvalue weighted by Gasteiger charge is 2.11. The molecular formula is C15H22N2O4S. The van der Waals surface area contributed by atoms with E-state index in [2.05, 4.69) is 17.6 Å². The van der Waals surface area contributed by atoms with Gasteiger partial charge in [0, 0.05) is 6.54 Å². The molecule has 0 fully saturated rings. The Labute approximate surface area is 134 Å². The fraction of sp³-hybridized carbons (Fsp3) is 0.533. The zero-order chi connectivity index (χ0) is 16.2. The summed E-state index contributed by atoms with van der Waals surface area (Å²) in [4.78, 5) is 35.0. The third kappa shape index (κ3) is 7.78. The minimum absolute atomic E-state index is 0.249. The minimum Gasteiger partial charge on any atom is -0.454 e. The highest BCUT2D eigenvalue weighted by atomic mass is 32.1. The van der Waals surface area contributed by atoms with Crippen LogP contribution in [0.15, 0.2) is 17.5 Å². The number of thiophene rings is 1. The Balaban J connectivity index is 2.07. The van der Waals surface area contributed by atoms with Gasteiger partial charge in [0.1, 0.15) is 6.54 Å². The molecule has 0 atom stereocenters. The van der Waals surface area contributed by atoms with Gasteiger partial charge in [0.2, 0.25) is 0 Å². The number of carbonyl (C=O) groups is 3. The quantitative estimate of drug-likeness (QED) is 0.506. The molecule has 0 aromatic carbocycles. The van der Waals surface area contributed by atoms with E-state index in [9.17, 15) is 14.4 Å². The van der Waals surface area contributed by atoms with Crippen molar-refractivity contribution in [2.24, 2.45) is 0 Å². The summed E-state index contributed by atoms with van der Waals surface area (Å²) in [6.07, 6.45) is 4.28. The molecule has 0 saturated heterocycles. The summed E-state index contributed by atoms with van der Waals surface area (Å²) in [7, 11) is 0. The monoisotopic (exact) mass is 326 g/mol. The number of nitrogens with one attached hydrogen (secondary N) is 2. The predicted octanol–water partition coefficient (Wildman–Crippen LogP) is 1.72. The van der Waals surface area contributed by atoms with Gasteiger partial charge in [0.25, 0.3) is 11.8 Å². The summed E-state index contributed by atoms with van der Waals surface area (Å²) in [5.41, 5.74) is 0. The van der Waals surface area contributed by atoms with Crippen LogP contribution in [0.3, 0.4) is 0 Å². The average Bonchev–Trinajstić information content (AvgIpc) is 3.04. The van der Waals surface area contributed by atoms with Gasteiger partial charge in [-0.1, -0.05) is 32.3 Å². The summed E-state index contributed by atoms with van der Waals surface area (Å²) < 4.78 is 4.79. The Morgan fingerprint density at radius 2 is 2.00 bits per heavy atom. The van der Waals surface area contributed by atoms with E-state index in [0.29, 0.717) is 11.4 Å². The van der Waals surface area contributed by atoms with Gasteiger partial charge in [-0.2, -0.15) is 0 Å². The lowest BCUT2D eigenvalue weighted by Gasteiger charge is -2.07. The third-order valence-electron chi connectivity index (χ3n) is 2.86. The molecule has 2 N–H and O–H groups in total. The molecule has 7 heteroatoms. The highest BCUT2D eigenvalue weighted by Crippen LogP contribution is 2.07. The summed E-state index contributed by atoms with van der Waals surface area (Å²) in [5.74, 6) is -1.28. The first-order chi connectivity index (χ1) is 10.6. The van der Waals surface area contributed by atoms with Crippen LogP contribution >= 0.6 is 11.3 Å². The first kappa shape index (κ1) is 18.2. The minimum atomic E-state index is -0.633. The first-order valence-electron chi connectivity index (χ1n) is 7.37. The van der Waals surface area contributed by atoms with Crippen molar-refractivity contribution in [3.63, 3.8) is 0 Å². The van der Waals surface area contributed by atoms with Gasteiger partial charge in [-0.15, -0.1) is 11.3 Å². The van der Waals surface area contributed by atoms with Crippen LogP contribution in [-0.2, 0) is 14.3 Å². The van der Waals surface area contributed by atoms with Crippen molar-refractivity contribution in [3.8, 4) is 0 Å². The van der Waals surface area contributed by atoms with E-state index in [1.807, 2.05) is 0 Å². The SMILES string of the molecule is CCCCCCNC(=O)COC(=O)CNC(=O)c1cccs1. The van der Waals surface area contributed by atoms with E-state index in [1.54, 1.807) is 17.5 Å². The lowest BCUT2D eigenvalue weighted by atomic mass is 10.2. The summed E-state index contributed by atoms with van der Waals surface area (Å²) in [6, 6.07) is 3.42. The first-order valence-corrected chi connectivity index (χ1v) is 8.25. The van der Waals surface area contributed by atoms with Crippen LogP contribution in [0, 0.1) is 0 Å². The largest absolute Gasteiger partial charge is 0.454 e. The number of carbonyl (C=O) groups excluding carboxylic acids is 3. The average molecular weight is 326 g/mol. The fourth-order valence-corrected chi connectivity index (χ4v) is 2.32. The van der Waals surface area contributed by atoms with Gasteiger partial charge in [0.05, 0.1) is 4.88 Å². The zero-order valence-electron chi connectivity index (χ0n) is 12.7. The second kappa shape index (κ2) is 10.8. The Bertz CT molecular complexity index is 474. The lowest BCUT2D eigenvalue weighted by Crippen LogP contribution is -2.34. The van der Waals surface area contributed by atoms with Gasteiger partial charge in [-0.05, 0) is 17.9 Å². The maximum Gasteiger partial charge on any atom is 0.325 e. The maximum atomic E-state index is 11.6.